The lowest BCUT2D eigenvalue weighted by Gasteiger charge is -2.10. The third-order valence-corrected chi connectivity index (χ3v) is 3.29. The van der Waals surface area contributed by atoms with E-state index in [1.54, 1.807) is 7.11 Å². The Balaban J connectivity index is 2.61. The van der Waals surface area contributed by atoms with Gasteiger partial charge in [0.25, 0.3) is 0 Å². The van der Waals surface area contributed by atoms with E-state index in [-0.39, 0.29) is 0 Å². The monoisotopic (exact) mass is 266 g/mol. The Hall–Kier alpha value is -1.18. The molecule has 17 heavy (non-hydrogen) atoms. The fraction of sp³-hybridized carbons (Fsp3) is 0.143. The molecule has 0 spiro atoms. The normalized spacial score (nSPS) is 10.4. The van der Waals surface area contributed by atoms with Crippen LogP contribution >= 0.6 is 23.2 Å². The molecule has 0 aliphatic carbocycles. The number of aryl methyl sites for hydroxylation is 1. The average Bonchev–Trinajstić information content (AvgIpc) is 2.31. The number of hydrogen-bond acceptors (Lipinski definition) is 1. The summed E-state index contributed by atoms with van der Waals surface area (Å²) in [6.45, 7) is 2.00. The molecule has 0 amide bonds. The molecule has 2 aromatic rings. The van der Waals surface area contributed by atoms with Gasteiger partial charge in [-0.05, 0) is 36.2 Å². The highest BCUT2D eigenvalue weighted by Crippen LogP contribution is 2.36. The number of methoxy groups -OCH3 is 1. The van der Waals surface area contributed by atoms with Gasteiger partial charge in [0.05, 0.1) is 7.11 Å². The largest absolute Gasteiger partial charge is 0.496 e. The second-order valence-electron chi connectivity index (χ2n) is 3.78. The summed E-state index contributed by atoms with van der Waals surface area (Å²) < 4.78 is 5.30. The highest BCUT2D eigenvalue weighted by Gasteiger charge is 2.09. The van der Waals surface area contributed by atoms with Crippen molar-refractivity contribution in [3.63, 3.8) is 0 Å². The minimum absolute atomic E-state index is 0.642. The first-order valence-corrected chi connectivity index (χ1v) is 5.98. The van der Waals surface area contributed by atoms with E-state index < -0.39 is 0 Å². The minimum Gasteiger partial charge on any atom is -0.496 e. The molecule has 0 atom stereocenters. The standard InChI is InChI=1S/C14H12Cl2O/c1-9-6-7-10(8-13(9)17-2)14-11(15)4-3-5-12(14)16/h3-8H,1-2H3. The van der Waals surface area contributed by atoms with E-state index >= 15 is 0 Å². The van der Waals surface area contributed by atoms with Crippen LogP contribution in [0.1, 0.15) is 5.56 Å². The quantitative estimate of drug-likeness (QED) is 0.745. The molecule has 0 aliphatic heterocycles. The van der Waals surface area contributed by atoms with Crippen molar-refractivity contribution in [1.82, 2.24) is 0 Å². The molecule has 2 aromatic carbocycles. The van der Waals surface area contributed by atoms with Gasteiger partial charge in [0.1, 0.15) is 5.75 Å². The van der Waals surface area contributed by atoms with Crippen LogP contribution in [0.25, 0.3) is 11.1 Å². The Labute approximate surface area is 111 Å². The maximum Gasteiger partial charge on any atom is 0.122 e. The molecule has 0 radical (unpaired) electrons. The first-order chi connectivity index (χ1) is 8.13. The zero-order valence-electron chi connectivity index (χ0n) is 9.63. The second-order valence-corrected chi connectivity index (χ2v) is 4.60. The van der Waals surface area contributed by atoms with Gasteiger partial charge in [0, 0.05) is 15.6 Å². The summed E-state index contributed by atoms with van der Waals surface area (Å²) in [7, 11) is 1.65. The van der Waals surface area contributed by atoms with Crippen LogP contribution in [0.2, 0.25) is 10.0 Å². The molecular formula is C14H12Cl2O. The van der Waals surface area contributed by atoms with Gasteiger partial charge in [-0.2, -0.15) is 0 Å². The first-order valence-electron chi connectivity index (χ1n) is 5.22. The van der Waals surface area contributed by atoms with Crippen LogP contribution in [0.3, 0.4) is 0 Å². The van der Waals surface area contributed by atoms with Crippen molar-refractivity contribution >= 4 is 23.2 Å². The lowest BCUT2D eigenvalue weighted by atomic mass is 10.0. The number of ether oxygens (including phenoxy) is 1. The highest BCUT2D eigenvalue weighted by molar-refractivity contribution is 6.39. The van der Waals surface area contributed by atoms with Crippen LogP contribution in [0.4, 0.5) is 0 Å². The zero-order chi connectivity index (χ0) is 12.4. The van der Waals surface area contributed by atoms with Crippen LogP contribution < -0.4 is 4.74 Å². The Kier molecular flexibility index (Phi) is 3.60. The van der Waals surface area contributed by atoms with E-state index in [1.807, 2.05) is 43.3 Å². The van der Waals surface area contributed by atoms with Crippen LogP contribution in [-0.2, 0) is 0 Å². The molecule has 0 fully saturated rings. The SMILES string of the molecule is COc1cc(-c2c(Cl)cccc2Cl)ccc1C. The maximum absolute atomic E-state index is 6.17. The molecule has 0 bridgehead atoms. The second kappa shape index (κ2) is 4.99. The molecule has 0 aromatic heterocycles. The Bertz CT molecular complexity index is 530. The number of rotatable bonds is 2. The third-order valence-electron chi connectivity index (χ3n) is 2.66. The number of benzene rings is 2. The lowest BCUT2D eigenvalue weighted by Crippen LogP contribution is -1.89. The number of halogens is 2. The fourth-order valence-corrected chi connectivity index (χ4v) is 2.36. The van der Waals surface area contributed by atoms with Gasteiger partial charge in [-0.15, -0.1) is 0 Å². The van der Waals surface area contributed by atoms with Crippen molar-refractivity contribution in [2.75, 3.05) is 7.11 Å². The van der Waals surface area contributed by atoms with Gasteiger partial charge >= 0.3 is 0 Å². The smallest absolute Gasteiger partial charge is 0.122 e. The van der Waals surface area contributed by atoms with Gasteiger partial charge in [-0.25, -0.2) is 0 Å². The molecule has 0 N–H and O–H groups in total. The summed E-state index contributed by atoms with van der Waals surface area (Å²) >= 11 is 12.3. The Morgan fingerprint density at radius 2 is 1.65 bits per heavy atom. The van der Waals surface area contributed by atoms with Crippen LogP contribution in [-0.4, -0.2) is 7.11 Å². The van der Waals surface area contributed by atoms with Gasteiger partial charge in [-0.3, -0.25) is 0 Å². The van der Waals surface area contributed by atoms with E-state index in [9.17, 15) is 0 Å². The summed E-state index contributed by atoms with van der Waals surface area (Å²) in [5, 5.41) is 1.28. The van der Waals surface area contributed by atoms with Crippen molar-refractivity contribution in [2.24, 2.45) is 0 Å². The molecule has 2 rings (SSSR count). The average molecular weight is 267 g/mol. The molecule has 0 unspecified atom stereocenters. The predicted molar refractivity (Wildman–Crippen MR) is 73.2 cm³/mol. The Morgan fingerprint density at radius 3 is 2.24 bits per heavy atom. The number of hydrogen-bond donors (Lipinski definition) is 0. The summed E-state index contributed by atoms with van der Waals surface area (Å²) in [5.41, 5.74) is 2.89. The van der Waals surface area contributed by atoms with Gasteiger partial charge < -0.3 is 4.74 Å². The first kappa shape index (κ1) is 12.3. The van der Waals surface area contributed by atoms with E-state index in [0.717, 1.165) is 22.4 Å². The predicted octanol–water partition coefficient (Wildman–Crippen LogP) is 4.98. The van der Waals surface area contributed by atoms with E-state index in [2.05, 4.69) is 0 Å². The van der Waals surface area contributed by atoms with Crippen molar-refractivity contribution in [3.05, 3.63) is 52.0 Å². The van der Waals surface area contributed by atoms with Crippen LogP contribution in [0.15, 0.2) is 36.4 Å². The van der Waals surface area contributed by atoms with Crippen molar-refractivity contribution in [3.8, 4) is 16.9 Å². The lowest BCUT2D eigenvalue weighted by molar-refractivity contribution is 0.412. The molecule has 0 saturated heterocycles. The van der Waals surface area contributed by atoms with Crippen molar-refractivity contribution in [2.45, 2.75) is 6.92 Å². The molecule has 88 valence electrons. The topological polar surface area (TPSA) is 9.23 Å². The summed E-state index contributed by atoms with van der Waals surface area (Å²) in [5.74, 6) is 0.832. The molecule has 0 heterocycles. The van der Waals surface area contributed by atoms with Crippen LogP contribution in [0.5, 0.6) is 5.75 Å². The molecule has 1 nitrogen and oxygen atoms in total. The zero-order valence-corrected chi connectivity index (χ0v) is 11.1. The molecule has 3 heteroatoms. The van der Waals surface area contributed by atoms with Crippen molar-refractivity contribution < 1.29 is 4.74 Å². The van der Waals surface area contributed by atoms with Gasteiger partial charge in [0.2, 0.25) is 0 Å². The molecule has 0 saturated carbocycles. The van der Waals surface area contributed by atoms with Gasteiger partial charge in [0.15, 0.2) is 0 Å². The summed E-state index contributed by atoms with van der Waals surface area (Å²) in [4.78, 5) is 0. The fourth-order valence-electron chi connectivity index (χ4n) is 1.75. The van der Waals surface area contributed by atoms with Gasteiger partial charge in [-0.1, -0.05) is 41.4 Å². The highest BCUT2D eigenvalue weighted by atomic mass is 35.5. The molecule has 0 aliphatic rings. The maximum atomic E-state index is 6.17. The van der Waals surface area contributed by atoms with E-state index in [4.69, 9.17) is 27.9 Å². The van der Waals surface area contributed by atoms with E-state index in [1.165, 1.54) is 0 Å². The minimum atomic E-state index is 0.642. The third kappa shape index (κ3) is 2.41. The summed E-state index contributed by atoms with van der Waals surface area (Å²) in [6, 6.07) is 11.4. The van der Waals surface area contributed by atoms with Crippen LogP contribution in [0, 0.1) is 6.92 Å². The van der Waals surface area contributed by atoms with Crippen molar-refractivity contribution in [1.29, 1.82) is 0 Å². The molecular weight excluding hydrogens is 255 g/mol. The Morgan fingerprint density at radius 1 is 1.00 bits per heavy atom. The summed E-state index contributed by atoms with van der Waals surface area (Å²) in [6.07, 6.45) is 0. The van der Waals surface area contributed by atoms with E-state index in [0.29, 0.717) is 10.0 Å².